The van der Waals surface area contributed by atoms with Gasteiger partial charge < -0.3 is 10.1 Å². The fourth-order valence-corrected chi connectivity index (χ4v) is 6.18. The molecule has 170 valence electrons. The molecule has 2 aromatic rings. The first-order chi connectivity index (χ1) is 15.2. The Hall–Kier alpha value is -2.91. The van der Waals surface area contributed by atoms with E-state index in [1.54, 1.807) is 0 Å². The molecular weight excluding hydrogens is 425 g/mol. The van der Waals surface area contributed by atoms with Crippen LogP contribution < -0.4 is 5.32 Å². The highest BCUT2D eigenvalue weighted by atomic mass is 19.4. The van der Waals surface area contributed by atoms with Crippen molar-refractivity contribution < 1.29 is 27.5 Å². The van der Waals surface area contributed by atoms with Gasteiger partial charge in [-0.25, -0.2) is 9.67 Å². The predicted molar refractivity (Wildman–Crippen MR) is 107 cm³/mol. The van der Waals surface area contributed by atoms with Gasteiger partial charge >= 0.3 is 12.1 Å². The van der Waals surface area contributed by atoms with Gasteiger partial charge in [-0.2, -0.15) is 18.3 Å². The molecule has 1 amide bonds. The van der Waals surface area contributed by atoms with Crippen molar-refractivity contribution in [3.8, 4) is 5.69 Å². The molecule has 1 N–H and O–H groups in total. The molecule has 1 aromatic carbocycles. The number of rotatable bonds is 5. The summed E-state index contributed by atoms with van der Waals surface area (Å²) in [5.74, 6) is 0.602. The van der Waals surface area contributed by atoms with E-state index in [1.807, 2.05) is 0 Å². The molecule has 4 aliphatic rings. The van der Waals surface area contributed by atoms with Crippen molar-refractivity contribution >= 4 is 17.6 Å². The Morgan fingerprint density at radius 3 is 2.34 bits per heavy atom. The fraction of sp³-hybridized carbons (Fsp3) is 0.545. The van der Waals surface area contributed by atoms with Gasteiger partial charge in [-0.1, -0.05) is 0 Å². The lowest BCUT2D eigenvalue weighted by molar-refractivity contribution is -0.172. The van der Waals surface area contributed by atoms with Crippen LogP contribution in [-0.4, -0.2) is 33.2 Å². The Kier molecular flexibility index (Phi) is 4.98. The Morgan fingerprint density at radius 2 is 1.78 bits per heavy atom. The molecule has 4 bridgehead atoms. The maximum absolute atomic E-state index is 13.2. The summed E-state index contributed by atoms with van der Waals surface area (Å²) in [5.41, 5.74) is -1.29. The average molecular weight is 448 g/mol. The lowest BCUT2D eigenvalue weighted by Gasteiger charge is -2.55. The van der Waals surface area contributed by atoms with E-state index < -0.39 is 29.7 Å². The summed E-state index contributed by atoms with van der Waals surface area (Å²) in [6.07, 6.45) is 3.92. The van der Waals surface area contributed by atoms with E-state index in [0.717, 1.165) is 31.4 Å². The van der Waals surface area contributed by atoms with E-state index in [2.05, 4.69) is 15.4 Å². The molecule has 4 saturated carbocycles. The summed E-state index contributed by atoms with van der Waals surface area (Å²) in [6, 6.07) is 2.93. The van der Waals surface area contributed by atoms with Crippen LogP contribution in [0.4, 0.5) is 18.9 Å². The zero-order valence-electron chi connectivity index (χ0n) is 17.3. The molecule has 1 heterocycles. The van der Waals surface area contributed by atoms with Gasteiger partial charge in [0.1, 0.15) is 12.7 Å². The number of nitrogens with one attached hydrogen (secondary N) is 1. The fourth-order valence-electron chi connectivity index (χ4n) is 6.18. The molecule has 0 aliphatic heterocycles. The third-order valence-electron chi connectivity index (χ3n) is 7.07. The van der Waals surface area contributed by atoms with Gasteiger partial charge in [0.05, 0.1) is 22.4 Å². The third kappa shape index (κ3) is 3.86. The molecule has 0 saturated heterocycles. The van der Waals surface area contributed by atoms with Crippen molar-refractivity contribution in [1.82, 2.24) is 14.8 Å². The van der Waals surface area contributed by atoms with Crippen molar-refractivity contribution in [2.75, 3.05) is 11.9 Å². The molecule has 32 heavy (non-hydrogen) atoms. The summed E-state index contributed by atoms with van der Waals surface area (Å²) < 4.78 is 46.2. The van der Waals surface area contributed by atoms with Crippen molar-refractivity contribution in [3.63, 3.8) is 0 Å². The minimum atomic E-state index is -4.58. The monoisotopic (exact) mass is 448 g/mol. The quantitative estimate of drug-likeness (QED) is 0.700. The highest BCUT2D eigenvalue weighted by Crippen LogP contribution is 2.60. The van der Waals surface area contributed by atoms with Gasteiger partial charge in [0.25, 0.3) is 5.91 Å². The standard InChI is InChI=1S/C22H23F3N4O3/c23-22(24,25)16-1-2-18(29-12-26-11-27-29)17(6-16)28-19(30)10-32-20(31)21-7-13-3-14(8-21)5-15(4-13)9-21/h1-2,6,11-15H,3-5,7-10H2,(H,28,30). The molecule has 6 rings (SSSR count). The molecule has 0 atom stereocenters. The summed E-state index contributed by atoms with van der Waals surface area (Å²) >= 11 is 0. The third-order valence-corrected chi connectivity index (χ3v) is 7.07. The van der Waals surface area contributed by atoms with Gasteiger partial charge in [-0.3, -0.25) is 9.59 Å². The smallest absolute Gasteiger partial charge is 0.416 e. The molecule has 0 radical (unpaired) electrons. The molecule has 0 spiro atoms. The van der Waals surface area contributed by atoms with E-state index >= 15 is 0 Å². The molecule has 1 aromatic heterocycles. The predicted octanol–water partition coefficient (Wildman–Crippen LogP) is 3.98. The van der Waals surface area contributed by atoms with Crippen molar-refractivity contribution in [2.24, 2.45) is 23.2 Å². The Morgan fingerprint density at radius 1 is 1.12 bits per heavy atom. The number of amides is 1. The van der Waals surface area contributed by atoms with Crippen LogP contribution in [0, 0.1) is 23.2 Å². The second-order valence-electron chi connectivity index (χ2n) is 9.39. The van der Waals surface area contributed by atoms with Crippen LogP contribution in [-0.2, 0) is 20.5 Å². The number of hydrogen-bond acceptors (Lipinski definition) is 5. The van der Waals surface area contributed by atoms with Crippen molar-refractivity contribution in [2.45, 2.75) is 44.7 Å². The van der Waals surface area contributed by atoms with Gasteiger partial charge in [0.15, 0.2) is 6.61 Å². The number of hydrogen-bond donors (Lipinski definition) is 1. The Labute approximate surface area is 182 Å². The first-order valence-corrected chi connectivity index (χ1v) is 10.8. The molecule has 7 nitrogen and oxygen atoms in total. The van der Waals surface area contributed by atoms with Gasteiger partial charge in [0, 0.05) is 0 Å². The Bertz CT molecular complexity index is 1000. The summed E-state index contributed by atoms with van der Waals surface area (Å²) in [6.45, 7) is -0.548. The van der Waals surface area contributed by atoms with Crippen LogP contribution in [0.25, 0.3) is 5.69 Å². The Balaban J connectivity index is 1.28. The highest BCUT2D eigenvalue weighted by molar-refractivity contribution is 5.95. The minimum Gasteiger partial charge on any atom is -0.455 e. The van der Waals surface area contributed by atoms with Crippen LogP contribution >= 0.6 is 0 Å². The SMILES string of the molecule is O=C(COC(=O)C12CC3CC(CC(C3)C1)C2)Nc1cc(C(F)(F)F)ccc1-n1cncn1. The van der Waals surface area contributed by atoms with Crippen molar-refractivity contribution in [3.05, 3.63) is 36.4 Å². The lowest BCUT2D eigenvalue weighted by atomic mass is 9.49. The van der Waals surface area contributed by atoms with E-state index in [4.69, 9.17) is 4.74 Å². The lowest BCUT2D eigenvalue weighted by Crippen LogP contribution is -2.50. The maximum atomic E-state index is 13.2. The van der Waals surface area contributed by atoms with Crippen molar-refractivity contribution in [1.29, 1.82) is 0 Å². The number of carbonyl (C=O) groups excluding carboxylic acids is 2. The van der Waals surface area contributed by atoms with Crippen LogP contribution in [0.15, 0.2) is 30.9 Å². The number of alkyl halides is 3. The van der Waals surface area contributed by atoms with Crippen LogP contribution in [0.1, 0.15) is 44.1 Å². The number of aromatic nitrogens is 3. The van der Waals surface area contributed by atoms with E-state index in [1.165, 1.54) is 42.7 Å². The topological polar surface area (TPSA) is 86.1 Å². The summed E-state index contributed by atoms with van der Waals surface area (Å²) in [5, 5.41) is 6.35. The number of esters is 1. The minimum absolute atomic E-state index is 0.0961. The number of anilines is 1. The van der Waals surface area contributed by atoms with Crippen LogP contribution in [0.3, 0.4) is 0 Å². The molecule has 4 aliphatic carbocycles. The number of benzene rings is 1. The first kappa shape index (κ1) is 21.0. The van der Waals surface area contributed by atoms with Gasteiger partial charge in [0.2, 0.25) is 0 Å². The molecule has 4 fully saturated rings. The summed E-state index contributed by atoms with van der Waals surface area (Å²) in [4.78, 5) is 29.2. The zero-order chi connectivity index (χ0) is 22.5. The normalized spacial score (nSPS) is 28.5. The number of ether oxygens (including phenoxy) is 1. The van der Waals surface area contributed by atoms with Crippen LogP contribution in [0.2, 0.25) is 0 Å². The second-order valence-corrected chi connectivity index (χ2v) is 9.39. The molecule has 0 unspecified atom stereocenters. The number of nitrogens with zero attached hydrogens (tertiary/aromatic N) is 3. The number of halogens is 3. The second kappa shape index (κ2) is 7.60. The molecule has 10 heteroatoms. The summed E-state index contributed by atoms with van der Waals surface area (Å²) in [7, 11) is 0. The van der Waals surface area contributed by atoms with E-state index in [9.17, 15) is 22.8 Å². The van der Waals surface area contributed by atoms with Gasteiger partial charge in [-0.15, -0.1) is 0 Å². The highest BCUT2D eigenvalue weighted by Gasteiger charge is 2.55. The largest absolute Gasteiger partial charge is 0.455 e. The average Bonchev–Trinajstić information content (AvgIpc) is 3.25. The van der Waals surface area contributed by atoms with Gasteiger partial charge in [-0.05, 0) is 74.5 Å². The van der Waals surface area contributed by atoms with E-state index in [-0.39, 0.29) is 17.3 Å². The van der Waals surface area contributed by atoms with E-state index in [0.29, 0.717) is 17.8 Å². The zero-order valence-corrected chi connectivity index (χ0v) is 17.3. The molecular formula is C22H23F3N4O3. The number of carbonyl (C=O) groups is 2. The van der Waals surface area contributed by atoms with Crippen LogP contribution in [0.5, 0.6) is 0 Å². The first-order valence-electron chi connectivity index (χ1n) is 10.8. The maximum Gasteiger partial charge on any atom is 0.416 e.